The molecule has 2 amide bonds. The number of carbonyl (C=O) groups is 2. The van der Waals surface area contributed by atoms with Crippen LogP contribution in [0, 0.1) is 5.82 Å². The van der Waals surface area contributed by atoms with E-state index < -0.39 is 11.7 Å². The van der Waals surface area contributed by atoms with Crippen LogP contribution in [0.25, 0.3) is 6.08 Å². The summed E-state index contributed by atoms with van der Waals surface area (Å²) in [5, 5.41) is 2.90. The maximum Gasteiger partial charge on any atom is 0.255 e. The van der Waals surface area contributed by atoms with Crippen molar-refractivity contribution in [3.63, 3.8) is 0 Å². The van der Waals surface area contributed by atoms with Crippen molar-refractivity contribution in [1.82, 2.24) is 10.2 Å². The van der Waals surface area contributed by atoms with Crippen LogP contribution in [0.3, 0.4) is 0 Å². The Balaban J connectivity index is 1.52. The first-order chi connectivity index (χ1) is 13.0. The second-order valence-electron chi connectivity index (χ2n) is 6.41. The Labute approximate surface area is 162 Å². The topological polar surface area (TPSA) is 49.4 Å². The summed E-state index contributed by atoms with van der Waals surface area (Å²) >= 11 is 5.93. The Hall–Kier alpha value is -2.66. The predicted octanol–water partition coefficient (Wildman–Crippen LogP) is 3.91. The number of nitrogens with zero attached hydrogens (tertiary/aromatic N) is 1. The lowest BCUT2D eigenvalue weighted by atomic mass is 10.0. The summed E-state index contributed by atoms with van der Waals surface area (Å²) in [5.41, 5.74) is 0.832. The van der Waals surface area contributed by atoms with Crippen LogP contribution < -0.4 is 5.32 Å². The van der Waals surface area contributed by atoms with Crippen molar-refractivity contribution >= 4 is 29.5 Å². The number of piperidine rings is 1. The van der Waals surface area contributed by atoms with E-state index in [0.717, 1.165) is 5.56 Å². The average molecular weight is 387 g/mol. The van der Waals surface area contributed by atoms with E-state index in [0.29, 0.717) is 25.9 Å². The van der Waals surface area contributed by atoms with Crippen molar-refractivity contribution in [2.75, 3.05) is 13.1 Å². The Kier molecular flexibility index (Phi) is 6.24. The van der Waals surface area contributed by atoms with Crippen LogP contribution >= 0.6 is 11.6 Å². The Morgan fingerprint density at radius 3 is 2.44 bits per heavy atom. The molecule has 0 aliphatic carbocycles. The van der Waals surface area contributed by atoms with Gasteiger partial charge in [0.05, 0.1) is 10.6 Å². The monoisotopic (exact) mass is 386 g/mol. The third kappa shape index (κ3) is 4.95. The average Bonchev–Trinajstić information content (AvgIpc) is 2.67. The van der Waals surface area contributed by atoms with Gasteiger partial charge in [0, 0.05) is 25.2 Å². The molecule has 1 heterocycles. The van der Waals surface area contributed by atoms with Gasteiger partial charge in [0.25, 0.3) is 5.91 Å². The Bertz CT molecular complexity index is 826. The maximum absolute atomic E-state index is 13.8. The van der Waals surface area contributed by atoms with Gasteiger partial charge in [0.15, 0.2) is 0 Å². The first-order valence-corrected chi connectivity index (χ1v) is 9.19. The molecule has 0 aromatic heterocycles. The summed E-state index contributed by atoms with van der Waals surface area (Å²) < 4.78 is 13.8. The molecule has 1 aliphatic rings. The third-order valence-electron chi connectivity index (χ3n) is 4.55. The summed E-state index contributed by atoms with van der Waals surface area (Å²) in [7, 11) is 0. The van der Waals surface area contributed by atoms with Gasteiger partial charge in [-0.05, 0) is 36.6 Å². The standard InChI is InChI=1S/C21H20ClFN2O2/c22-17-7-4-8-18(23)20(17)21(27)24-16-11-13-25(14-12-16)19(26)10-9-15-5-2-1-3-6-15/h1-10,16H,11-14H2,(H,24,27)/b10-9+. The molecular weight excluding hydrogens is 367 g/mol. The van der Waals surface area contributed by atoms with Gasteiger partial charge in [-0.25, -0.2) is 4.39 Å². The minimum Gasteiger partial charge on any atom is -0.349 e. The minimum atomic E-state index is -0.640. The van der Waals surface area contributed by atoms with Crippen LogP contribution in [0.1, 0.15) is 28.8 Å². The van der Waals surface area contributed by atoms with Crippen molar-refractivity contribution in [3.05, 3.63) is 76.6 Å². The number of nitrogens with one attached hydrogen (secondary N) is 1. The van der Waals surface area contributed by atoms with Crippen molar-refractivity contribution < 1.29 is 14.0 Å². The van der Waals surface area contributed by atoms with Crippen molar-refractivity contribution in [2.45, 2.75) is 18.9 Å². The summed E-state index contributed by atoms with van der Waals surface area (Å²) in [5.74, 6) is -1.22. The van der Waals surface area contributed by atoms with Gasteiger partial charge < -0.3 is 10.2 Å². The van der Waals surface area contributed by atoms with Gasteiger partial charge in [0.2, 0.25) is 5.91 Å². The second-order valence-corrected chi connectivity index (χ2v) is 6.82. The number of halogens is 2. The Morgan fingerprint density at radius 2 is 1.78 bits per heavy atom. The zero-order valence-electron chi connectivity index (χ0n) is 14.7. The highest BCUT2D eigenvalue weighted by atomic mass is 35.5. The molecule has 1 N–H and O–H groups in total. The van der Waals surface area contributed by atoms with Crippen LogP contribution in [0.4, 0.5) is 4.39 Å². The molecule has 3 rings (SSSR count). The normalized spacial score (nSPS) is 15.1. The Morgan fingerprint density at radius 1 is 1.07 bits per heavy atom. The molecule has 4 nitrogen and oxygen atoms in total. The highest BCUT2D eigenvalue weighted by Gasteiger charge is 2.24. The SMILES string of the molecule is O=C(NC1CCN(C(=O)/C=C/c2ccccc2)CC1)c1c(F)cccc1Cl. The molecule has 2 aromatic carbocycles. The lowest BCUT2D eigenvalue weighted by molar-refractivity contribution is -0.126. The minimum absolute atomic E-state index is 0.0548. The molecule has 0 saturated carbocycles. The number of hydrogen-bond donors (Lipinski definition) is 1. The van der Waals surface area contributed by atoms with Crippen LogP contribution in [0.2, 0.25) is 5.02 Å². The zero-order valence-corrected chi connectivity index (χ0v) is 15.5. The van der Waals surface area contributed by atoms with E-state index in [1.165, 1.54) is 18.2 Å². The summed E-state index contributed by atoms with van der Waals surface area (Å²) in [4.78, 5) is 26.3. The summed E-state index contributed by atoms with van der Waals surface area (Å²) in [6, 6.07) is 13.7. The van der Waals surface area contributed by atoms with Crippen LogP contribution in [-0.2, 0) is 4.79 Å². The molecule has 27 heavy (non-hydrogen) atoms. The molecule has 0 spiro atoms. The smallest absolute Gasteiger partial charge is 0.255 e. The lowest BCUT2D eigenvalue weighted by Crippen LogP contribution is -2.46. The molecule has 1 saturated heterocycles. The number of benzene rings is 2. The lowest BCUT2D eigenvalue weighted by Gasteiger charge is -2.31. The van der Waals surface area contributed by atoms with Gasteiger partial charge in [-0.2, -0.15) is 0 Å². The summed E-state index contributed by atoms with van der Waals surface area (Å²) in [6.45, 7) is 1.07. The largest absolute Gasteiger partial charge is 0.349 e. The van der Waals surface area contributed by atoms with E-state index in [2.05, 4.69) is 5.32 Å². The van der Waals surface area contributed by atoms with Gasteiger partial charge in [-0.15, -0.1) is 0 Å². The zero-order chi connectivity index (χ0) is 19.2. The van der Waals surface area contributed by atoms with Crippen LogP contribution in [0.5, 0.6) is 0 Å². The van der Waals surface area contributed by atoms with Gasteiger partial charge >= 0.3 is 0 Å². The van der Waals surface area contributed by atoms with Crippen molar-refractivity contribution in [2.24, 2.45) is 0 Å². The van der Waals surface area contributed by atoms with E-state index in [4.69, 9.17) is 11.6 Å². The number of rotatable bonds is 4. The number of hydrogen-bond acceptors (Lipinski definition) is 2. The fourth-order valence-electron chi connectivity index (χ4n) is 3.05. The van der Waals surface area contributed by atoms with Gasteiger partial charge in [-0.3, -0.25) is 9.59 Å². The van der Waals surface area contributed by atoms with E-state index in [1.807, 2.05) is 30.3 Å². The first kappa shape index (κ1) is 19.1. The molecule has 0 radical (unpaired) electrons. The maximum atomic E-state index is 13.8. The molecule has 2 aromatic rings. The predicted molar refractivity (Wildman–Crippen MR) is 104 cm³/mol. The third-order valence-corrected chi connectivity index (χ3v) is 4.86. The number of likely N-dealkylation sites (tertiary alicyclic amines) is 1. The fraction of sp³-hybridized carbons (Fsp3) is 0.238. The van der Waals surface area contributed by atoms with Crippen molar-refractivity contribution in [1.29, 1.82) is 0 Å². The van der Waals surface area contributed by atoms with Crippen molar-refractivity contribution in [3.8, 4) is 0 Å². The highest BCUT2D eigenvalue weighted by Crippen LogP contribution is 2.20. The fourth-order valence-corrected chi connectivity index (χ4v) is 3.30. The van der Waals surface area contributed by atoms with E-state index in [1.54, 1.807) is 17.1 Å². The molecule has 140 valence electrons. The molecule has 0 atom stereocenters. The van der Waals surface area contributed by atoms with Gasteiger partial charge in [-0.1, -0.05) is 48.0 Å². The number of carbonyl (C=O) groups excluding carboxylic acids is 2. The molecule has 0 unspecified atom stereocenters. The molecule has 0 bridgehead atoms. The van der Waals surface area contributed by atoms with E-state index in [-0.39, 0.29) is 22.5 Å². The number of amides is 2. The quantitative estimate of drug-likeness (QED) is 0.810. The van der Waals surface area contributed by atoms with Gasteiger partial charge in [0.1, 0.15) is 5.82 Å². The molecular formula is C21H20ClFN2O2. The molecule has 1 fully saturated rings. The first-order valence-electron chi connectivity index (χ1n) is 8.81. The molecule has 6 heteroatoms. The van der Waals surface area contributed by atoms with E-state index in [9.17, 15) is 14.0 Å². The summed E-state index contributed by atoms with van der Waals surface area (Å²) in [6.07, 6.45) is 4.58. The van der Waals surface area contributed by atoms with E-state index >= 15 is 0 Å². The van der Waals surface area contributed by atoms with Crippen LogP contribution in [0.15, 0.2) is 54.6 Å². The highest BCUT2D eigenvalue weighted by molar-refractivity contribution is 6.33. The van der Waals surface area contributed by atoms with Crippen LogP contribution in [-0.4, -0.2) is 35.8 Å². The molecule has 1 aliphatic heterocycles. The second kappa shape index (κ2) is 8.82.